The molecule has 0 amide bonds. The van der Waals surface area contributed by atoms with Gasteiger partial charge in [-0.15, -0.1) is 0 Å². The van der Waals surface area contributed by atoms with E-state index >= 15 is 0 Å². The topological polar surface area (TPSA) is 61.5 Å². The Morgan fingerprint density at radius 2 is 2.21 bits per heavy atom. The third-order valence-electron chi connectivity index (χ3n) is 3.52. The summed E-state index contributed by atoms with van der Waals surface area (Å²) in [5.41, 5.74) is 2.82. The maximum Gasteiger partial charge on any atom is 0.218 e. The van der Waals surface area contributed by atoms with E-state index in [-0.39, 0.29) is 0 Å². The van der Waals surface area contributed by atoms with Gasteiger partial charge in [-0.25, -0.2) is 4.99 Å². The van der Waals surface area contributed by atoms with Gasteiger partial charge >= 0.3 is 0 Å². The molecule has 0 bridgehead atoms. The minimum atomic E-state index is 0.490. The molecule has 1 aromatic heterocycles. The van der Waals surface area contributed by atoms with Gasteiger partial charge < -0.3 is 9.64 Å². The van der Waals surface area contributed by atoms with Crippen molar-refractivity contribution in [3.05, 3.63) is 34.0 Å². The first-order valence-corrected chi connectivity index (χ1v) is 8.76. The summed E-state index contributed by atoms with van der Waals surface area (Å²) in [6.07, 6.45) is 2.44. The summed E-state index contributed by atoms with van der Waals surface area (Å²) in [5, 5.41) is 10.3. The molecule has 0 aliphatic carbocycles. The van der Waals surface area contributed by atoms with Gasteiger partial charge in [0.1, 0.15) is 17.4 Å². The second-order valence-electron chi connectivity index (χ2n) is 5.25. The smallest absolute Gasteiger partial charge is 0.218 e. The van der Waals surface area contributed by atoms with Crippen LogP contribution in [0.2, 0.25) is 5.02 Å². The van der Waals surface area contributed by atoms with E-state index in [0.717, 1.165) is 17.8 Å². The Kier molecular flexibility index (Phi) is 6.18. The molecule has 1 aromatic carbocycles. The fourth-order valence-corrected chi connectivity index (χ4v) is 2.92. The normalized spacial score (nSPS) is 10.8. The molecule has 24 heavy (non-hydrogen) atoms. The van der Waals surface area contributed by atoms with Gasteiger partial charge in [0, 0.05) is 31.2 Å². The molecule has 0 atom stereocenters. The second kappa shape index (κ2) is 8.13. The summed E-state index contributed by atoms with van der Waals surface area (Å²) in [6.45, 7) is 6.79. The number of aliphatic imine (C=N–C) groups is 1. The first kappa shape index (κ1) is 18.2. The molecule has 126 valence electrons. The van der Waals surface area contributed by atoms with Crippen LogP contribution in [0, 0.1) is 18.3 Å². The first-order valence-electron chi connectivity index (χ1n) is 7.61. The van der Waals surface area contributed by atoms with E-state index in [2.05, 4.69) is 15.4 Å². The van der Waals surface area contributed by atoms with Gasteiger partial charge in [0.15, 0.2) is 0 Å². The highest BCUT2D eigenvalue weighted by Gasteiger charge is 2.16. The molecule has 2 aromatic rings. The molecule has 0 saturated heterocycles. The predicted molar refractivity (Wildman–Crippen MR) is 98.9 cm³/mol. The van der Waals surface area contributed by atoms with Crippen LogP contribution in [-0.4, -0.2) is 29.2 Å². The van der Waals surface area contributed by atoms with E-state index in [1.165, 1.54) is 11.5 Å². The zero-order chi connectivity index (χ0) is 17.7. The van der Waals surface area contributed by atoms with Crippen molar-refractivity contribution in [2.75, 3.05) is 13.6 Å². The van der Waals surface area contributed by atoms with Crippen molar-refractivity contribution < 1.29 is 4.74 Å². The monoisotopic (exact) mass is 362 g/mol. The molecule has 0 unspecified atom stereocenters. The number of nitrogens with zero attached hydrogens (tertiary/aromatic N) is 4. The van der Waals surface area contributed by atoms with Crippen molar-refractivity contribution in [3.63, 3.8) is 0 Å². The van der Waals surface area contributed by atoms with E-state index in [9.17, 15) is 5.26 Å². The summed E-state index contributed by atoms with van der Waals surface area (Å²) in [4.78, 5) is 6.35. The second-order valence-corrected chi connectivity index (χ2v) is 6.39. The Morgan fingerprint density at radius 3 is 2.83 bits per heavy atom. The number of aryl methyl sites for hydroxylation is 2. The molecule has 7 heteroatoms. The Bertz CT molecular complexity index is 795. The van der Waals surface area contributed by atoms with Crippen LogP contribution in [0.1, 0.15) is 30.7 Å². The van der Waals surface area contributed by atoms with Crippen molar-refractivity contribution >= 4 is 35.2 Å². The zero-order valence-corrected chi connectivity index (χ0v) is 15.7. The zero-order valence-electron chi connectivity index (χ0n) is 14.1. The molecule has 0 spiro atoms. The van der Waals surface area contributed by atoms with Crippen molar-refractivity contribution in [2.24, 2.45) is 4.99 Å². The molecule has 0 fully saturated rings. The molecule has 5 nitrogen and oxygen atoms in total. The predicted octanol–water partition coefficient (Wildman–Crippen LogP) is 4.94. The average molecular weight is 363 g/mol. The fraction of sp³-hybridized carbons (Fsp3) is 0.353. The van der Waals surface area contributed by atoms with Gasteiger partial charge in [-0.2, -0.15) is 9.64 Å². The van der Waals surface area contributed by atoms with E-state index < -0.39 is 0 Å². The summed E-state index contributed by atoms with van der Waals surface area (Å²) in [5.74, 6) is 0.602. The van der Waals surface area contributed by atoms with E-state index in [1.807, 2.05) is 38.8 Å². The molecule has 0 radical (unpaired) electrons. The standard InChI is InChI=1S/C17H19ClN4OS/c1-5-14-12(9-19)17(24-21-14)23-16-8-13(18)15(7-11(16)3)20-10-22(4)6-2/h7-8,10H,5-6H2,1-4H3. The summed E-state index contributed by atoms with van der Waals surface area (Å²) in [7, 11) is 1.94. The quantitative estimate of drug-likeness (QED) is 0.539. The van der Waals surface area contributed by atoms with Crippen LogP contribution in [0.15, 0.2) is 17.1 Å². The highest BCUT2D eigenvalue weighted by molar-refractivity contribution is 7.08. The Labute approximate surface area is 151 Å². The lowest BCUT2D eigenvalue weighted by Crippen LogP contribution is -2.14. The number of benzene rings is 1. The molecule has 0 N–H and O–H groups in total. The third-order valence-corrected chi connectivity index (χ3v) is 4.59. The van der Waals surface area contributed by atoms with Gasteiger partial charge in [-0.1, -0.05) is 18.5 Å². The number of aromatic nitrogens is 1. The number of rotatable bonds is 6. The lowest BCUT2D eigenvalue weighted by Gasteiger charge is -2.11. The van der Waals surface area contributed by atoms with Crippen LogP contribution in [0.25, 0.3) is 0 Å². The van der Waals surface area contributed by atoms with Crippen molar-refractivity contribution in [2.45, 2.75) is 27.2 Å². The molecule has 1 heterocycles. The molecule has 0 aliphatic heterocycles. The van der Waals surface area contributed by atoms with Crippen LogP contribution in [0.3, 0.4) is 0 Å². The van der Waals surface area contributed by atoms with Crippen LogP contribution in [0.4, 0.5) is 5.69 Å². The lowest BCUT2D eigenvalue weighted by atomic mass is 10.2. The van der Waals surface area contributed by atoms with Crippen LogP contribution >= 0.6 is 23.1 Å². The number of halogens is 1. The van der Waals surface area contributed by atoms with Crippen molar-refractivity contribution in [1.29, 1.82) is 5.26 Å². The highest BCUT2D eigenvalue weighted by atomic mass is 35.5. The van der Waals surface area contributed by atoms with Crippen LogP contribution in [0.5, 0.6) is 10.8 Å². The molecule has 2 rings (SSSR count). The van der Waals surface area contributed by atoms with Gasteiger partial charge in [-0.3, -0.25) is 0 Å². The van der Waals surface area contributed by atoms with E-state index in [4.69, 9.17) is 16.3 Å². The van der Waals surface area contributed by atoms with Gasteiger partial charge in [0.05, 0.1) is 22.7 Å². The van der Waals surface area contributed by atoms with E-state index in [0.29, 0.717) is 33.5 Å². The molecule has 0 aliphatic rings. The minimum absolute atomic E-state index is 0.490. The van der Waals surface area contributed by atoms with E-state index in [1.54, 1.807) is 12.4 Å². The van der Waals surface area contributed by atoms with Crippen LogP contribution in [-0.2, 0) is 6.42 Å². The molecular formula is C17H19ClN4OS. The maximum absolute atomic E-state index is 9.30. The SMILES string of the molecule is CCc1nsc(Oc2cc(Cl)c(N=CN(C)CC)cc2C)c1C#N. The third kappa shape index (κ3) is 4.05. The summed E-state index contributed by atoms with van der Waals surface area (Å²) < 4.78 is 10.1. The molecular weight excluding hydrogens is 344 g/mol. The largest absolute Gasteiger partial charge is 0.443 e. The van der Waals surface area contributed by atoms with Gasteiger partial charge in [-0.05, 0) is 31.9 Å². The van der Waals surface area contributed by atoms with Gasteiger partial charge in [0.25, 0.3) is 0 Å². The number of hydrogen-bond donors (Lipinski definition) is 0. The first-order chi connectivity index (χ1) is 11.5. The van der Waals surface area contributed by atoms with Crippen LogP contribution < -0.4 is 4.74 Å². The number of hydrogen-bond acceptors (Lipinski definition) is 5. The average Bonchev–Trinajstić information content (AvgIpc) is 2.97. The highest BCUT2D eigenvalue weighted by Crippen LogP contribution is 2.37. The number of ether oxygens (including phenoxy) is 1. The maximum atomic E-state index is 9.30. The Morgan fingerprint density at radius 1 is 1.46 bits per heavy atom. The Balaban J connectivity index is 2.30. The number of nitriles is 1. The summed E-state index contributed by atoms with van der Waals surface area (Å²) in [6, 6.07) is 5.75. The Hall–Kier alpha value is -2.10. The lowest BCUT2D eigenvalue weighted by molar-refractivity contribution is 0.491. The minimum Gasteiger partial charge on any atom is -0.443 e. The van der Waals surface area contributed by atoms with Crippen molar-refractivity contribution in [3.8, 4) is 16.9 Å². The fourth-order valence-electron chi connectivity index (χ4n) is 1.93. The summed E-state index contributed by atoms with van der Waals surface area (Å²) >= 11 is 7.49. The van der Waals surface area contributed by atoms with Crippen molar-refractivity contribution in [1.82, 2.24) is 9.27 Å². The molecule has 0 saturated carbocycles. The van der Waals surface area contributed by atoms with Gasteiger partial charge in [0.2, 0.25) is 5.06 Å².